The van der Waals surface area contributed by atoms with Crippen molar-refractivity contribution < 1.29 is 14.9 Å². The third-order valence-corrected chi connectivity index (χ3v) is 2.03. The Morgan fingerprint density at radius 2 is 2.31 bits per heavy atom. The zero-order valence-corrected chi connectivity index (χ0v) is 6.69. The van der Waals surface area contributed by atoms with Gasteiger partial charge in [-0.2, -0.15) is 5.26 Å². The van der Waals surface area contributed by atoms with E-state index in [0.717, 1.165) is 0 Å². The van der Waals surface area contributed by atoms with Crippen molar-refractivity contribution in [1.82, 2.24) is 0 Å². The number of nitrogens with zero attached hydrogens (tertiary/aromatic N) is 1. The summed E-state index contributed by atoms with van der Waals surface area (Å²) in [5, 5.41) is 27.5. The normalized spacial score (nSPS) is 24.6. The molecule has 0 aliphatic carbocycles. The Labute approximate surface area is 74.6 Å². The number of aromatic hydroxyl groups is 1. The van der Waals surface area contributed by atoms with E-state index in [1.54, 1.807) is 6.07 Å². The molecule has 1 aromatic carbocycles. The van der Waals surface area contributed by atoms with E-state index in [2.05, 4.69) is 0 Å². The summed E-state index contributed by atoms with van der Waals surface area (Å²) < 4.78 is 5.05. The first-order valence-electron chi connectivity index (χ1n) is 3.76. The molecule has 0 amide bonds. The lowest BCUT2D eigenvalue weighted by molar-refractivity contribution is 0.0709. The fourth-order valence-electron chi connectivity index (χ4n) is 1.32. The molecular weight excluding hydrogens is 170 g/mol. The molecule has 0 fully saturated rings. The Bertz CT molecular complexity index is 396. The third kappa shape index (κ3) is 1.02. The van der Waals surface area contributed by atoms with E-state index in [0.29, 0.717) is 11.3 Å². The van der Waals surface area contributed by atoms with Crippen LogP contribution < -0.4 is 4.74 Å². The number of rotatable bonds is 0. The molecule has 66 valence electrons. The van der Waals surface area contributed by atoms with Gasteiger partial charge < -0.3 is 14.9 Å². The van der Waals surface area contributed by atoms with Gasteiger partial charge >= 0.3 is 0 Å². The first kappa shape index (κ1) is 7.90. The Balaban J connectivity index is 2.57. The van der Waals surface area contributed by atoms with Gasteiger partial charge in [-0.25, -0.2) is 0 Å². The lowest BCUT2D eigenvalue weighted by Crippen LogP contribution is -2.24. The van der Waals surface area contributed by atoms with Crippen molar-refractivity contribution in [2.45, 2.75) is 5.60 Å². The van der Waals surface area contributed by atoms with Crippen LogP contribution >= 0.6 is 0 Å². The first-order valence-corrected chi connectivity index (χ1v) is 3.76. The second-order valence-corrected chi connectivity index (χ2v) is 2.94. The van der Waals surface area contributed by atoms with Gasteiger partial charge in [-0.15, -0.1) is 0 Å². The van der Waals surface area contributed by atoms with E-state index in [1.807, 2.05) is 0 Å². The van der Waals surface area contributed by atoms with Gasteiger partial charge in [0.05, 0.1) is 0 Å². The number of phenols is 1. The molecule has 0 saturated heterocycles. The highest BCUT2D eigenvalue weighted by Crippen LogP contribution is 2.38. The Morgan fingerprint density at radius 1 is 1.54 bits per heavy atom. The minimum Gasteiger partial charge on any atom is -0.508 e. The first-order chi connectivity index (χ1) is 6.15. The van der Waals surface area contributed by atoms with E-state index >= 15 is 0 Å². The van der Waals surface area contributed by atoms with Crippen LogP contribution in [0.2, 0.25) is 0 Å². The minimum absolute atomic E-state index is 0.0564. The molecule has 1 atom stereocenters. The summed E-state index contributed by atoms with van der Waals surface area (Å²) >= 11 is 0. The molecule has 1 unspecified atom stereocenters. The number of hydrogen-bond donors (Lipinski definition) is 2. The van der Waals surface area contributed by atoms with Crippen LogP contribution in [0.5, 0.6) is 11.5 Å². The van der Waals surface area contributed by atoms with Crippen molar-refractivity contribution in [3.05, 3.63) is 23.8 Å². The van der Waals surface area contributed by atoms with Crippen LogP contribution in [0.1, 0.15) is 5.56 Å². The second kappa shape index (κ2) is 2.38. The lowest BCUT2D eigenvalue weighted by atomic mass is 9.98. The number of phenolic OH excluding ortho intramolecular Hbond substituents is 1. The largest absolute Gasteiger partial charge is 0.508 e. The van der Waals surface area contributed by atoms with Gasteiger partial charge in [-0.05, 0) is 12.1 Å². The number of nitriles is 1. The zero-order valence-electron chi connectivity index (χ0n) is 6.69. The third-order valence-electron chi connectivity index (χ3n) is 2.03. The smallest absolute Gasteiger partial charge is 0.214 e. The fourth-order valence-corrected chi connectivity index (χ4v) is 1.32. The maximum absolute atomic E-state index is 9.68. The predicted octanol–water partition coefficient (Wildman–Crippen LogP) is 0.496. The quantitative estimate of drug-likeness (QED) is 0.566. The van der Waals surface area contributed by atoms with Crippen LogP contribution in [0.25, 0.3) is 0 Å². The van der Waals surface area contributed by atoms with Gasteiger partial charge in [0.2, 0.25) is 5.60 Å². The van der Waals surface area contributed by atoms with Crippen LogP contribution in [-0.4, -0.2) is 16.8 Å². The van der Waals surface area contributed by atoms with Gasteiger partial charge in [0.15, 0.2) is 0 Å². The summed E-state index contributed by atoms with van der Waals surface area (Å²) in [4.78, 5) is 0. The molecule has 1 heterocycles. The fraction of sp³-hybridized carbons (Fsp3) is 0.222. The standard InChI is InChI=1S/C9H7NO3/c10-4-9(12)5-13-8-3-6(11)1-2-7(8)9/h1-3,11-12H,5H2. The molecule has 1 aromatic rings. The molecule has 4 nitrogen and oxygen atoms in total. The topological polar surface area (TPSA) is 73.5 Å². The monoisotopic (exact) mass is 177 g/mol. The summed E-state index contributed by atoms with van der Waals surface area (Å²) in [5.41, 5.74) is -1.16. The van der Waals surface area contributed by atoms with E-state index < -0.39 is 5.60 Å². The van der Waals surface area contributed by atoms with Gasteiger partial charge in [-0.1, -0.05) is 0 Å². The average Bonchev–Trinajstić information content (AvgIpc) is 2.45. The molecule has 0 saturated carbocycles. The van der Waals surface area contributed by atoms with E-state index in [1.165, 1.54) is 18.2 Å². The Hall–Kier alpha value is -1.73. The van der Waals surface area contributed by atoms with Crippen molar-refractivity contribution in [2.75, 3.05) is 6.61 Å². The van der Waals surface area contributed by atoms with Crippen LogP contribution in [0, 0.1) is 11.3 Å². The summed E-state index contributed by atoms with van der Waals surface area (Å²) in [7, 11) is 0. The highest BCUT2D eigenvalue weighted by atomic mass is 16.5. The highest BCUT2D eigenvalue weighted by molar-refractivity contribution is 5.48. The number of fused-ring (bicyclic) bond motifs is 1. The molecule has 4 heteroatoms. The number of ether oxygens (including phenoxy) is 1. The predicted molar refractivity (Wildman–Crippen MR) is 43.1 cm³/mol. The van der Waals surface area contributed by atoms with Crippen molar-refractivity contribution in [1.29, 1.82) is 5.26 Å². The number of hydrogen-bond acceptors (Lipinski definition) is 4. The van der Waals surface area contributed by atoms with Crippen molar-refractivity contribution in [3.63, 3.8) is 0 Å². The molecule has 2 N–H and O–H groups in total. The van der Waals surface area contributed by atoms with E-state index in [9.17, 15) is 5.11 Å². The second-order valence-electron chi connectivity index (χ2n) is 2.94. The average molecular weight is 177 g/mol. The molecule has 0 aromatic heterocycles. The molecule has 0 bridgehead atoms. The van der Waals surface area contributed by atoms with Crippen LogP contribution in [-0.2, 0) is 5.60 Å². The van der Waals surface area contributed by atoms with Crippen LogP contribution in [0.4, 0.5) is 0 Å². The lowest BCUT2D eigenvalue weighted by Gasteiger charge is -2.09. The van der Waals surface area contributed by atoms with Gasteiger partial charge in [0.25, 0.3) is 0 Å². The van der Waals surface area contributed by atoms with Crippen molar-refractivity contribution >= 4 is 0 Å². The number of aliphatic hydroxyl groups is 1. The molecule has 0 radical (unpaired) electrons. The maximum Gasteiger partial charge on any atom is 0.214 e. The summed E-state index contributed by atoms with van der Waals surface area (Å²) in [5.74, 6) is 0.421. The van der Waals surface area contributed by atoms with Crippen LogP contribution in [0.3, 0.4) is 0 Å². The zero-order chi connectivity index (χ0) is 9.47. The summed E-state index contributed by atoms with van der Waals surface area (Å²) in [6.07, 6.45) is 0. The molecular formula is C9H7NO3. The summed E-state index contributed by atoms with van der Waals surface area (Å²) in [6.45, 7) is -0.0811. The highest BCUT2D eigenvalue weighted by Gasteiger charge is 2.39. The molecule has 2 rings (SSSR count). The molecule has 1 aliphatic rings. The van der Waals surface area contributed by atoms with E-state index in [4.69, 9.17) is 15.1 Å². The van der Waals surface area contributed by atoms with Crippen molar-refractivity contribution in [2.24, 2.45) is 0 Å². The van der Waals surface area contributed by atoms with Crippen LogP contribution in [0.15, 0.2) is 18.2 Å². The molecule has 0 spiro atoms. The van der Waals surface area contributed by atoms with Gasteiger partial charge in [0.1, 0.15) is 24.2 Å². The minimum atomic E-state index is -1.57. The SMILES string of the molecule is N#CC1(O)COc2cc(O)ccc21. The molecule has 13 heavy (non-hydrogen) atoms. The molecule has 1 aliphatic heterocycles. The number of benzene rings is 1. The summed E-state index contributed by atoms with van der Waals surface area (Å²) in [6, 6.07) is 6.04. The van der Waals surface area contributed by atoms with Gasteiger partial charge in [-0.3, -0.25) is 0 Å². The van der Waals surface area contributed by atoms with Gasteiger partial charge in [0, 0.05) is 11.6 Å². The Morgan fingerprint density at radius 3 is 3.00 bits per heavy atom. The maximum atomic E-state index is 9.68. The van der Waals surface area contributed by atoms with E-state index in [-0.39, 0.29) is 12.4 Å². The Kier molecular flexibility index (Phi) is 1.44. The van der Waals surface area contributed by atoms with Crippen molar-refractivity contribution in [3.8, 4) is 17.6 Å².